The molecule has 8 heteroatoms. The molecule has 0 aliphatic heterocycles. The molecule has 0 fully saturated rings. The Balaban J connectivity index is 1.04. The summed E-state index contributed by atoms with van der Waals surface area (Å²) < 4.78 is 12.5. The fraction of sp³-hybridized carbons (Fsp3) is 0. The van der Waals surface area contributed by atoms with Gasteiger partial charge in [-0.25, -0.2) is 24.9 Å². The summed E-state index contributed by atoms with van der Waals surface area (Å²) >= 11 is 0. The van der Waals surface area contributed by atoms with Crippen molar-refractivity contribution in [2.45, 2.75) is 0 Å². The van der Waals surface area contributed by atoms with E-state index in [0.29, 0.717) is 34.6 Å². The van der Waals surface area contributed by atoms with Crippen LogP contribution in [-0.4, -0.2) is 29.9 Å². The SMILES string of the molecule is c1ccc(-c2nc(-c3ccccc3)nc(-c3cnc(-c4cccc5c(-c6nc7cc8oc9ccccc9c8cc7o6)cccc45)cn3)n2)cc1. The Hall–Kier alpha value is -7.06. The maximum atomic E-state index is 6.38. The molecule has 0 unspecified atom stereocenters. The van der Waals surface area contributed by atoms with E-state index in [-0.39, 0.29) is 0 Å². The summed E-state index contributed by atoms with van der Waals surface area (Å²) in [5, 5.41) is 4.05. The van der Waals surface area contributed by atoms with Crippen LogP contribution >= 0.6 is 0 Å². The second-order valence-corrected chi connectivity index (χ2v) is 12.0. The van der Waals surface area contributed by atoms with Crippen LogP contribution in [0.5, 0.6) is 0 Å². The smallest absolute Gasteiger partial charge is 0.227 e. The Morgan fingerprint density at radius 2 is 0.980 bits per heavy atom. The molecule has 10 rings (SSSR count). The van der Waals surface area contributed by atoms with Crippen molar-refractivity contribution in [1.82, 2.24) is 29.9 Å². The Morgan fingerprint density at radius 1 is 0.380 bits per heavy atom. The van der Waals surface area contributed by atoms with Crippen LogP contribution < -0.4 is 0 Å². The first kappa shape index (κ1) is 28.0. The predicted octanol–water partition coefficient (Wildman–Crippen LogP) is 10.2. The topological polar surface area (TPSA) is 104 Å². The number of hydrogen-bond acceptors (Lipinski definition) is 8. The summed E-state index contributed by atoms with van der Waals surface area (Å²) in [6.45, 7) is 0. The summed E-state index contributed by atoms with van der Waals surface area (Å²) in [5.41, 5.74) is 7.97. The van der Waals surface area contributed by atoms with Crippen LogP contribution in [0.2, 0.25) is 0 Å². The molecule has 4 heterocycles. The first-order valence-corrected chi connectivity index (χ1v) is 16.2. The van der Waals surface area contributed by atoms with E-state index < -0.39 is 0 Å². The highest BCUT2D eigenvalue weighted by molar-refractivity contribution is 6.09. The van der Waals surface area contributed by atoms with Gasteiger partial charge in [-0.15, -0.1) is 0 Å². The normalized spacial score (nSPS) is 11.6. The molecule has 0 radical (unpaired) electrons. The lowest BCUT2D eigenvalue weighted by molar-refractivity contribution is 0.621. The Morgan fingerprint density at radius 3 is 1.70 bits per heavy atom. The zero-order chi connectivity index (χ0) is 33.0. The Labute approximate surface area is 284 Å². The summed E-state index contributed by atoms with van der Waals surface area (Å²) in [4.78, 5) is 28.9. The van der Waals surface area contributed by atoms with Gasteiger partial charge in [0.1, 0.15) is 22.4 Å². The van der Waals surface area contributed by atoms with Crippen LogP contribution in [0.1, 0.15) is 0 Å². The molecule has 6 aromatic carbocycles. The number of furan rings is 1. The fourth-order valence-electron chi connectivity index (χ4n) is 6.49. The van der Waals surface area contributed by atoms with Gasteiger partial charge >= 0.3 is 0 Å². The maximum absolute atomic E-state index is 6.38. The molecule has 4 aromatic heterocycles. The molecule has 50 heavy (non-hydrogen) atoms. The van der Waals surface area contributed by atoms with Crippen LogP contribution in [0, 0.1) is 0 Å². The van der Waals surface area contributed by atoms with Crippen LogP contribution in [0.4, 0.5) is 0 Å². The number of para-hydroxylation sites is 1. The molecule has 0 aliphatic carbocycles. The van der Waals surface area contributed by atoms with E-state index in [1.54, 1.807) is 12.4 Å². The maximum Gasteiger partial charge on any atom is 0.227 e. The molecule has 0 aliphatic rings. The number of rotatable bonds is 5. The molecule has 0 bridgehead atoms. The molecule has 0 amide bonds. The third kappa shape index (κ3) is 4.70. The van der Waals surface area contributed by atoms with Gasteiger partial charge in [-0.1, -0.05) is 109 Å². The fourth-order valence-corrected chi connectivity index (χ4v) is 6.49. The highest BCUT2D eigenvalue weighted by Crippen LogP contribution is 2.37. The molecule has 8 nitrogen and oxygen atoms in total. The van der Waals surface area contributed by atoms with Gasteiger partial charge in [0.15, 0.2) is 23.1 Å². The molecule has 0 saturated heterocycles. The van der Waals surface area contributed by atoms with Crippen molar-refractivity contribution in [3.8, 4) is 57.0 Å². The molecule has 0 N–H and O–H groups in total. The molecular weight excluding hydrogens is 621 g/mol. The monoisotopic (exact) mass is 644 g/mol. The lowest BCUT2D eigenvalue weighted by Gasteiger charge is -2.10. The molecular formula is C42H24N6O2. The number of oxazole rings is 1. The van der Waals surface area contributed by atoms with E-state index in [4.69, 9.17) is 38.7 Å². The van der Waals surface area contributed by atoms with E-state index in [2.05, 4.69) is 18.2 Å². The molecule has 0 atom stereocenters. The first-order valence-electron chi connectivity index (χ1n) is 16.2. The van der Waals surface area contributed by atoms with Crippen LogP contribution in [0.25, 0.3) is 101 Å². The average molecular weight is 645 g/mol. The van der Waals surface area contributed by atoms with Crippen LogP contribution in [0.3, 0.4) is 0 Å². The van der Waals surface area contributed by atoms with Crippen LogP contribution in [-0.2, 0) is 0 Å². The minimum atomic E-state index is 0.452. The van der Waals surface area contributed by atoms with Gasteiger partial charge in [0.2, 0.25) is 5.89 Å². The van der Waals surface area contributed by atoms with Crippen molar-refractivity contribution < 1.29 is 8.83 Å². The Bertz CT molecular complexity index is 2810. The summed E-state index contributed by atoms with van der Waals surface area (Å²) in [6, 6.07) is 44.0. The quantitative estimate of drug-likeness (QED) is 0.182. The number of aromatic nitrogens is 6. The lowest BCUT2D eigenvalue weighted by Crippen LogP contribution is -2.01. The number of fused-ring (bicyclic) bond motifs is 5. The molecule has 0 spiro atoms. The van der Waals surface area contributed by atoms with Gasteiger partial charge in [0.05, 0.1) is 18.1 Å². The molecule has 0 saturated carbocycles. The standard InChI is InChI=1S/C42H24N6O2/c1-3-11-25(12-4-1)39-46-40(26-13-5-2-6-14-26)48-41(47-39)35-24-43-34(23-44-35)29-18-9-17-28-27(29)16-10-19-31(28)42-45-33-22-37-32(21-38(33)50-42)30-15-7-8-20-36(30)49-37/h1-24H. The molecule has 234 valence electrons. The molecule has 10 aromatic rings. The highest BCUT2D eigenvalue weighted by Gasteiger charge is 2.18. The Kier molecular flexibility index (Phi) is 6.32. The van der Waals surface area contributed by atoms with Crippen molar-refractivity contribution >= 4 is 43.8 Å². The van der Waals surface area contributed by atoms with E-state index in [1.165, 1.54) is 0 Å². The van der Waals surface area contributed by atoms with Gasteiger partial charge in [-0.2, -0.15) is 0 Å². The zero-order valence-corrected chi connectivity index (χ0v) is 26.4. The van der Waals surface area contributed by atoms with Gasteiger partial charge in [0.25, 0.3) is 0 Å². The zero-order valence-electron chi connectivity index (χ0n) is 26.4. The minimum absolute atomic E-state index is 0.452. The number of nitrogens with zero attached hydrogens (tertiary/aromatic N) is 6. The van der Waals surface area contributed by atoms with Crippen molar-refractivity contribution in [3.05, 3.63) is 146 Å². The van der Waals surface area contributed by atoms with Gasteiger partial charge in [0, 0.05) is 39.1 Å². The summed E-state index contributed by atoms with van der Waals surface area (Å²) in [6.07, 6.45) is 3.49. The second-order valence-electron chi connectivity index (χ2n) is 12.0. The number of benzene rings is 6. The minimum Gasteiger partial charge on any atom is -0.456 e. The lowest BCUT2D eigenvalue weighted by atomic mass is 9.98. The summed E-state index contributed by atoms with van der Waals surface area (Å²) in [7, 11) is 0. The van der Waals surface area contributed by atoms with Gasteiger partial charge in [-0.3, -0.25) is 4.98 Å². The van der Waals surface area contributed by atoms with Crippen molar-refractivity contribution in [1.29, 1.82) is 0 Å². The van der Waals surface area contributed by atoms with Crippen molar-refractivity contribution in [3.63, 3.8) is 0 Å². The van der Waals surface area contributed by atoms with Gasteiger partial charge < -0.3 is 8.83 Å². The first-order chi connectivity index (χ1) is 24.7. The van der Waals surface area contributed by atoms with E-state index in [1.807, 2.05) is 115 Å². The summed E-state index contributed by atoms with van der Waals surface area (Å²) in [5.74, 6) is 2.14. The van der Waals surface area contributed by atoms with Crippen LogP contribution in [0.15, 0.2) is 155 Å². The van der Waals surface area contributed by atoms with E-state index in [0.717, 1.165) is 66.2 Å². The van der Waals surface area contributed by atoms with Crippen molar-refractivity contribution in [2.75, 3.05) is 0 Å². The largest absolute Gasteiger partial charge is 0.456 e. The van der Waals surface area contributed by atoms with Gasteiger partial charge in [-0.05, 0) is 29.0 Å². The van der Waals surface area contributed by atoms with Crippen molar-refractivity contribution in [2.24, 2.45) is 0 Å². The predicted molar refractivity (Wildman–Crippen MR) is 195 cm³/mol. The van der Waals surface area contributed by atoms with E-state index >= 15 is 0 Å². The highest BCUT2D eigenvalue weighted by atomic mass is 16.4. The number of hydrogen-bond donors (Lipinski definition) is 0. The van der Waals surface area contributed by atoms with E-state index in [9.17, 15) is 0 Å². The average Bonchev–Trinajstić information content (AvgIpc) is 3.77. The second kappa shape index (κ2) is 11.3. The third-order valence-corrected chi connectivity index (χ3v) is 8.90. The third-order valence-electron chi connectivity index (χ3n) is 8.90.